The first-order valence-corrected chi connectivity index (χ1v) is 9.50. The number of aryl methyl sites for hydroxylation is 1. The zero-order valence-electron chi connectivity index (χ0n) is 15.4. The highest BCUT2D eigenvalue weighted by Gasteiger charge is 2.20. The number of hydrogen-bond donors (Lipinski definition) is 2. The lowest BCUT2D eigenvalue weighted by molar-refractivity contribution is -0.384. The van der Waals surface area contributed by atoms with Crippen LogP contribution in [0.25, 0.3) is 0 Å². The second kappa shape index (κ2) is 8.67. The largest absolute Gasteiger partial charge is 0.496 e. The number of nitro groups is 1. The molecule has 2 aromatic rings. The van der Waals surface area contributed by atoms with Crippen molar-refractivity contribution >= 4 is 33.3 Å². The van der Waals surface area contributed by atoms with E-state index in [1.165, 1.54) is 31.4 Å². The number of carbonyl (C=O) groups is 2. The van der Waals surface area contributed by atoms with Crippen molar-refractivity contribution in [3.8, 4) is 5.75 Å². The number of benzene rings is 2. The maximum Gasteiger partial charge on any atom is 0.342 e. The number of rotatable bonds is 7. The summed E-state index contributed by atoms with van der Waals surface area (Å²) in [5.74, 6) is -1.74. The molecule has 29 heavy (non-hydrogen) atoms. The third-order valence-corrected chi connectivity index (χ3v) is 4.67. The van der Waals surface area contributed by atoms with Crippen LogP contribution in [0.15, 0.2) is 41.3 Å². The van der Waals surface area contributed by atoms with Crippen LogP contribution in [0.1, 0.15) is 15.9 Å². The number of ether oxygens (including phenoxy) is 2. The molecule has 0 aliphatic rings. The lowest BCUT2D eigenvalue weighted by atomic mass is 10.2. The Balaban J connectivity index is 2.12. The van der Waals surface area contributed by atoms with E-state index in [9.17, 15) is 28.1 Å². The molecule has 3 N–H and O–H groups in total. The van der Waals surface area contributed by atoms with Gasteiger partial charge in [0.2, 0.25) is 10.0 Å². The van der Waals surface area contributed by atoms with Crippen molar-refractivity contribution < 1.29 is 32.4 Å². The summed E-state index contributed by atoms with van der Waals surface area (Å²) in [6.07, 6.45) is 0. The smallest absolute Gasteiger partial charge is 0.342 e. The van der Waals surface area contributed by atoms with Gasteiger partial charge in [-0.25, -0.2) is 18.4 Å². The molecule has 0 radical (unpaired) electrons. The van der Waals surface area contributed by atoms with Gasteiger partial charge in [0, 0.05) is 12.1 Å². The molecule has 0 aliphatic heterocycles. The summed E-state index contributed by atoms with van der Waals surface area (Å²) in [6, 6.07) is 7.28. The Bertz CT molecular complexity index is 1080. The molecule has 154 valence electrons. The molecule has 0 aromatic heterocycles. The number of primary sulfonamides is 1. The maximum absolute atomic E-state index is 12.3. The number of nitro benzene ring substituents is 1. The topological polar surface area (TPSA) is 168 Å². The van der Waals surface area contributed by atoms with Crippen LogP contribution in [0.4, 0.5) is 11.4 Å². The molecule has 0 saturated carbocycles. The van der Waals surface area contributed by atoms with E-state index in [0.717, 1.165) is 12.1 Å². The minimum atomic E-state index is -4.07. The first-order chi connectivity index (χ1) is 13.5. The SMILES string of the molecule is COc1ccc(S(N)(=O)=O)cc1C(=O)OCC(=O)Nc1cc([N+](=O)[O-])ccc1C. The number of nitrogens with one attached hydrogen (secondary N) is 1. The van der Waals surface area contributed by atoms with Gasteiger partial charge in [0.15, 0.2) is 6.61 Å². The molecule has 0 heterocycles. The molecule has 11 nitrogen and oxygen atoms in total. The number of nitrogens with two attached hydrogens (primary N) is 1. The Morgan fingerprint density at radius 3 is 2.48 bits per heavy atom. The van der Waals surface area contributed by atoms with Crippen molar-refractivity contribution in [1.82, 2.24) is 0 Å². The standard InChI is InChI=1S/C17H17N3O8S/c1-10-3-4-11(20(23)24)7-14(10)19-16(21)9-28-17(22)13-8-12(29(18,25)26)5-6-15(13)27-2/h3-8H,9H2,1-2H3,(H,19,21)(H2,18,25,26). The van der Waals surface area contributed by atoms with Crippen molar-refractivity contribution in [2.24, 2.45) is 5.14 Å². The number of anilines is 1. The number of sulfonamides is 1. The molecule has 2 rings (SSSR count). The highest BCUT2D eigenvalue weighted by atomic mass is 32.2. The molecular weight excluding hydrogens is 406 g/mol. The van der Waals surface area contributed by atoms with Crippen LogP contribution in [0, 0.1) is 17.0 Å². The van der Waals surface area contributed by atoms with Gasteiger partial charge < -0.3 is 14.8 Å². The lowest BCUT2D eigenvalue weighted by Crippen LogP contribution is -2.22. The molecule has 0 spiro atoms. The number of nitrogens with zero attached hydrogens (tertiary/aromatic N) is 1. The van der Waals surface area contributed by atoms with Gasteiger partial charge >= 0.3 is 5.97 Å². The van der Waals surface area contributed by atoms with E-state index in [-0.39, 0.29) is 27.6 Å². The average Bonchev–Trinajstić information content (AvgIpc) is 2.66. The summed E-state index contributed by atoms with van der Waals surface area (Å²) in [5.41, 5.74) is 0.303. The van der Waals surface area contributed by atoms with Gasteiger partial charge in [-0.2, -0.15) is 0 Å². The molecule has 0 unspecified atom stereocenters. The summed E-state index contributed by atoms with van der Waals surface area (Å²) < 4.78 is 32.8. The quantitative estimate of drug-likeness (QED) is 0.382. The maximum atomic E-state index is 12.3. The Kier molecular flexibility index (Phi) is 6.51. The Hall–Kier alpha value is -3.51. The van der Waals surface area contributed by atoms with Crippen molar-refractivity contribution in [1.29, 1.82) is 0 Å². The van der Waals surface area contributed by atoms with Gasteiger partial charge in [-0.15, -0.1) is 0 Å². The van der Waals surface area contributed by atoms with Crippen LogP contribution < -0.4 is 15.2 Å². The molecule has 0 fully saturated rings. The predicted molar refractivity (Wildman–Crippen MR) is 101 cm³/mol. The third kappa shape index (κ3) is 5.49. The Labute approximate surface area is 165 Å². The van der Waals surface area contributed by atoms with Gasteiger partial charge in [0.25, 0.3) is 11.6 Å². The van der Waals surface area contributed by atoms with Gasteiger partial charge in [-0.1, -0.05) is 6.07 Å². The summed E-state index contributed by atoms with van der Waals surface area (Å²) >= 11 is 0. The van der Waals surface area contributed by atoms with E-state index in [1.807, 2.05) is 0 Å². The second-order valence-electron chi connectivity index (χ2n) is 5.79. The fourth-order valence-electron chi connectivity index (χ4n) is 2.28. The van der Waals surface area contributed by atoms with Crippen LogP contribution in [0.2, 0.25) is 0 Å². The summed E-state index contributed by atoms with van der Waals surface area (Å²) in [7, 11) is -2.80. The summed E-state index contributed by atoms with van der Waals surface area (Å²) in [5, 5.41) is 18.3. The van der Waals surface area contributed by atoms with Gasteiger partial charge in [0.05, 0.1) is 22.6 Å². The fraction of sp³-hybridized carbons (Fsp3) is 0.176. The van der Waals surface area contributed by atoms with Crippen LogP contribution in [-0.2, 0) is 19.6 Å². The van der Waals surface area contributed by atoms with Crippen molar-refractivity contribution in [2.45, 2.75) is 11.8 Å². The van der Waals surface area contributed by atoms with E-state index >= 15 is 0 Å². The van der Waals surface area contributed by atoms with E-state index in [0.29, 0.717) is 5.56 Å². The van der Waals surface area contributed by atoms with Gasteiger partial charge in [-0.3, -0.25) is 14.9 Å². The second-order valence-corrected chi connectivity index (χ2v) is 7.35. The molecule has 2 aromatic carbocycles. The Morgan fingerprint density at radius 2 is 1.90 bits per heavy atom. The van der Waals surface area contributed by atoms with Crippen LogP contribution in [0.3, 0.4) is 0 Å². The van der Waals surface area contributed by atoms with E-state index in [2.05, 4.69) is 5.32 Å². The first kappa shape index (κ1) is 21.8. The molecule has 0 atom stereocenters. The predicted octanol–water partition coefficient (Wildman–Crippen LogP) is 1.35. The fourth-order valence-corrected chi connectivity index (χ4v) is 2.82. The zero-order valence-corrected chi connectivity index (χ0v) is 16.2. The third-order valence-electron chi connectivity index (χ3n) is 3.76. The number of carbonyl (C=O) groups excluding carboxylic acids is 2. The molecule has 12 heteroatoms. The monoisotopic (exact) mass is 423 g/mol. The van der Waals surface area contributed by atoms with Crippen LogP contribution in [0.5, 0.6) is 5.75 Å². The number of hydrogen-bond acceptors (Lipinski definition) is 8. The minimum Gasteiger partial charge on any atom is -0.496 e. The van der Waals surface area contributed by atoms with Gasteiger partial charge in [0.1, 0.15) is 11.3 Å². The first-order valence-electron chi connectivity index (χ1n) is 7.95. The Morgan fingerprint density at radius 1 is 1.21 bits per heavy atom. The average molecular weight is 423 g/mol. The number of amides is 1. The minimum absolute atomic E-state index is 0.0253. The van der Waals surface area contributed by atoms with Crippen LogP contribution >= 0.6 is 0 Å². The lowest BCUT2D eigenvalue weighted by Gasteiger charge is -2.11. The number of esters is 1. The van der Waals surface area contributed by atoms with Crippen molar-refractivity contribution in [3.63, 3.8) is 0 Å². The summed E-state index contributed by atoms with van der Waals surface area (Å²) in [4.78, 5) is 34.2. The molecular formula is C17H17N3O8S. The van der Waals surface area contributed by atoms with E-state index in [1.54, 1.807) is 6.92 Å². The highest BCUT2D eigenvalue weighted by Crippen LogP contribution is 2.24. The zero-order chi connectivity index (χ0) is 21.8. The normalized spacial score (nSPS) is 10.9. The highest BCUT2D eigenvalue weighted by molar-refractivity contribution is 7.89. The van der Waals surface area contributed by atoms with Crippen molar-refractivity contribution in [2.75, 3.05) is 19.0 Å². The summed E-state index contributed by atoms with van der Waals surface area (Å²) in [6.45, 7) is 0.915. The molecule has 0 saturated heterocycles. The van der Waals surface area contributed by atoms with Crippen LogP contribution in [-0.4, -0.2) is 38.9 Å². The van der Waals surface area contributed by atoms with E-state index in [4.69, 9.17) is 14.6 Å². The molecule has 1 amide bonds. The van der Waals surface area contributed by atoms with E-state index < -0.39 is 33.4 Å². The molecule has 0 bridgehead atoms. The van der Waals surface area contributed by atoms with Crippen molar-refractivity contribution in [3.05, 3.63) is 57.6 Å². The number of non-ortho nitro benzene ring substituents is 1. The molecule has 0 aliphatic carbocycles. The number of methoxy groups -OCH3 is 1. The van der Waals surface area contributed by atoms with Gasteiger partial charge in [-0.05, 0) is 30.7 Å².